The third-order valence-corrected chi connectivity index (χ3v) is 3.18. The van der Waals surface area contributed by atoms with Crippen molar-refractivity contribution in [3.63, 3.8) is 0 Å². The third-order valence-electron chi connectivity index (χ3n) is 3.18. The third kappa shape index (κ3) is 2.65. The number of benzene rings is 2. The van der Waals surface area contributed by atoms with E-state index in [-0.39, 0.29) is 0 Å². The van der Waals surface area contributed by atoms with Gasteiger partial charge < -0.3 is 14.8 Å². The standard InChI is InChI=1S/C16H17NO2/c1-12(10-13-6-3-2-4-7-13)17-14-8-5-9-15-16(14)19-11-18-15/h2-9,12,17H,10-11H2,1H3. The van der Waals surface area contributed by atoms with Crippen molar-refractivity contribution >= 4 is 5.69 Å². The van der Waals surface area contributed by atoms with Crippen molar-refractivity contribution in [1.29, 1.82) is 0 Å². The Morgan fingerprint density at radius 2 is 1.89 bits per heavy atom. The summed E-state index contributed by atoms with van der Waals surface area (Å²) in [6.07, 6.45) is 0.978. The maximum atomic E-state index is 5.50. The van der Waals surface area contributed by atoms with Gasteiger partial charge >= 0.3 is 0 Å². The predicted octanol–water partition coefficient (Wildman–Crippen LogP) is 3.46. The van der Waals surface area contributed by atoms with Gasteiger partial charge in [-0.3, -0.25) is 0 Å². The number of anilines is 1. The van der Waals surface area contributed by atoms with Gasteiger partial charge in [-0.15, -0.1) is 0 Å². The Balaban J connectivity index is 1.70. The summed E-state index contributed by atoms with van der Waals surface area (Å²) in [5.74, 6) is 1.64. The van der Waals surface area contributed by atoms with Crippen LogP contribution in [0.4, 0.5) is 5.69 Å². The van der Waals surface area contributed by atoms with Crippen LogP contribution in [-0.4, -0.2) is 12.8 Å². The van der Waals surface area contributed by atoms with E-state index in [1.54, 1.807) is 0 Å². The van der Waals surface area contributed by atoms with E-state index in [2.05, 4.69) is 36.5 Å². The Morgan fingerprint density at radius 1 is 1.05 bits per heavy atom. The summed E-state index contributed by atoms with van der Waals surface area (Å²) < 4.78 is 10.9. The fraction of sp³-hybridized carbons (Fsp3) is 0.250. The highest BCUT2D eigenvalue weighted by Crippen LogP contribution is 2.39. The largest absolute Gasteiger partial charge is 0.454 e. The van der Waals surface area contributed by atoms with Crippen LogP contribution >= 0.6 is 0 Å². The molecule has 19 heavy (non-hydrogen) atoms. The van der Waals surface area contributed by atoms with Crippen LogP contribution in [0.3, 0.4) is 0 Å². The molecule has 0 amide bonds. The molecule has 1 aliphatic rings. The number of ether oxygens (including phenoxy) is 2. The topological polar surface area (TPSA) is 30.5 Å². The summed E-state index contributed by atoms with van der Waals surface area (Å²) >= 11 is 0. The summed E-state index contributed by atoms with van der Waals surface area (Å²) in [4.78, 5) is 0. The Labute approximate surface area is 113 Å². The summed E-state index contributed by atoms with van der Waals surface area (Å²) in [6, 6.07) is 16.7. The van der Waals surface area contributed by atoms with E-state index >= 15 is 0 Å². The minimum Gasteiger partial charge on any atom is -0.454 e. The van der Waals surface area contributed by atoms with Gasteiger partial charge in [0, 0.05) is 6.04 Å². The first-order chi connectivity index (χ1) is 9.33. The molecule has 0 spiro atoms. The summed E-state index contributed by atoms with van der Waals surface area (Å²) in [5, 5.41) is 3.49. The fourth-order valence-corrected chi connectivity index (χ4v) is 2.33. The molecule has 1 heterocycles. The number of para-hydroxylation sites is 1. The lowest BCUT2D eigenvalue weighted by atomic mass is 10.1. The molecule has 1 aliphatic heterocycles. The van der Waals surface area contributed by atoms with Gasteiger partial charge in [0.05, 0.1) is 5.69 Å². The van der Waals surface area contributed by atoms with Gasteiger partial charge in [0.2, 0.25) is 6.79 Å². The Morgan fingerprint density at radius 3 is 2.74 bits per heavy atom. The zero-order valence-electron chi connectivity index (χ0n) is 10.9. The van der Waals surface area contributed by atoms with Crippen LogP contribution in [0.2, 0.25) is 0 Å². The van der Waals surface area contributed by atoms with Crippen LogP contribution < -0.4 is 14.8 Å². The molecule has 3 heteroatoms. The van der Waals surface area contributed by atoms with E-state index < -0.39 is 0 Å². The molecular formula is C16H17NO2. The maximum absolute atomic E-state index is 5.50. The van der Waals surface area contributed by atoms with Crippen LogP contribution in [0.25, 0.3) is 0 Å². The molecule has 1 atom stereocenters. The van der Waals surface area contributed by atoms with Crippen LogP contribution in [0, 0.1) is 0 Å². The number of nitrogens with one attached hydrogen (secondary N) is 1. The molecule has 1 unspecified atom stereocenters. The molecule has 2 aromatic rings. The van der Waals surface area contributed by atoms with Gasteiger partial charge in [0.15, 0.2) is 11.5 Å². The van der Waals surface area contributed by atoms with Crippen molar-refractivity contribution in [2.75, 3.05) is 12.1 Å². The van der Waals surface area contributed by atoms with Crippen LogP contribution in [0.15, 0.2) is 48.5 Å². The van der Waals surface area contributed by atoms with Crippen molar-refractivity contribution in [1.82, 2.24) is 0 Å². The molecule has 0 aliphatic carbocycles. The Hall–Kier alpha value is -2.16. The quantitative estimate of drug-likeness (QED) is 0.907. The van der Waals surface area contributed by atoms with Crippen LogP contribution in [-0.2, 0) is 6.42 Å². The van der Waals surface area contributed by atoms with E-state index in [9.17, 15) is 0 Å². The average molecular weight is 255 g/mol. The maximum Gasteiger partial charge on any atom is 0.231 e. The first kappa shape index (κ1) is 11.9. The molecule has 0 saturated carbocycles. The Bertz CT molecular complexity index is 554. The average Bonchev–Trinajstić information content (AvgIpc) is 2.89. The number of rotatable bonds is 4. The summed E-state index contributed by atoms with van der Waals surface area (Å²) in [6.45, 7) is 2.48. The van der Waals surface area contributed by atoms with E-state index in [1.165, 1.54) is 5.56 Å². The van der Waals surface area contributed by atoms with E-state index in [0.717, 1.165) is 23.6 Å². The first-order valence-electron chi connectivity index (χ1n) is 6.52. The Kier molecular flexibility index (Phi) is 3.27. The molecule has 2 aromatic carbocycles. The second-order valence-electron chi connectivity index (χ2n) is 4.77. The van der Waals surface area contributed by atoms with Gasteiger partial charge in [-0.25, -0.2) is 0 Å². The SMILES string of the molecule is CC(Cc1ccccc1)Nc1cccc2c1OCO2. The highest BCUT2D eigenvalue weighted by molar-refractivity contribution is 5.64. The van der Waals surface area contributed by atoms with Crippen molar-refractivity contribution in [2.24, 2.45) is 0 Å². The fourth-order valence-electron chi connectivity index (χ4n) is 2.33. The monoisotopic (exact) mass is 255 g/mol. The number of hydrogen-bond donors (Lipinski definition) is 1. The van der Waals surface area contributed by atoms with E-state index in [0.29, 0.717) is 12.8 Å². The smallest absolute Gasteiger partial charge is 0.231 e. The van der Waals surface area contributed by atoms with Gasteiger partial charge in [0.1, 0.15) is 0 Å². The second kappa shape index (κ2) is 5.22. The molecule has 0 bridgehead atoms. The lowest BCUT2D eigenvalue weighted by Crippen LogP contribution is -2.18. The summed E-state index contributed by atoms with van der Waals surface area (Å²) in [5.41, 5.74) is 2.32. The minimum atomic E-state index is 0.307. The lowest BCUT2D eigenvalue weighted by Gasteiger charge is -2.16. The highest BCUT2D eigenvalue weighted by Gasteiger charge is 2.18. The van der Waals surface area contributed by atoms with Gasteiger partial charge in [-0.2, -0.15) is 0 Å². The van der Waals surface area contributed by atoms with Crippen molar-refractivity contribution in [2.45, 2.75) is 19.4 Å². The van der Waals surface area contributed by atoms with E-state index in [4.69, 9.17) is 9.47 Å². The molecule has 1 N–H and O–H groups in total. The van der Waals surface area contributed by atoms with Crippen molar-refractivity contribution < 1.29 is 9.47 Å². The molecule has 0 radical (unpaired) electrons. The molecular weight excluding hydrogens is 238 g/mol. The van der Waals surface area contributed by atoms with Crippen LogP contribution in [0.5, 0.6) is 11.5 Å². The molecule has 0 aromatic heterocycles. The number of fused-ring (bicyclic) bond motifs is 1. The van der Waals surface area contributed by atoms with Crippen LogP contribution in [0.1, 0.15) is 12.5 Å². The van der Waals surface area contributed by atoms with E-state index in [1.807, 2.05) is 24.3 Å². The zero-order chi connectivity index (χ0) is 13.1. The first-order valence-corrected chi connectivity index (χ1v) is 6.52. The molecule has 98 valence electrons. The lowest BCUT2D eigenvalue weighted by molar-refractivity contribution is 0.174. The van der Waals surface area contributed by atoms with Crippen molar-refractivity contribution in [3.05, 3.63) is 54.1 Å². The van der Waals surface area contributed by atoms with Gasteiger partial charge in [-0.05, 0) is 31.0 Å². The predicted molar refractivity (Wildman–Crippen MR) is 75.8 cm³/mol. The highest BCUT2D eigenvalue weighted by atomic mass is 16.7. The van der Waals surface area contributed by atoms with Gasteiger partial charge in [-0.1, -0.05) is 36.4 Å². The summed E-state index contributed by atoms with van der Waals surface area (Å²) in [7, 11) is 0. The molecule has 3 nitrogen and oxygen atoms in total. The van der Waals surface area contributed by atoms with Gasteiger partial charge in [0.25, 0.3) is 0 Å². The second-order valence-corrected chi connectivity index (χ2v) is 4.77. The zero-order valence-corrected chi connectivity index (χ0v) is 10.9. The minimum absolute atomic E-state index is 0.307. The van der Waals surface area contributed by atoms with Crippen molar-refractivity contribution in [3.8, 4) is 11.5 Å². The molecule has 0 saturated heterocycles. The normalized spacial score (nSPS) is 14.2. The number of hydrogen-bond acceptors (Lipinski definition) is 3. The molecule has 3 rings (SSSR count). The molecule has 0 fully saturated rings.